The zero-order valence-electron chi connectivity index (χ0n) is 14.6. The van der Waals surface area contributed by atoms with E-state index >= 15 is 0 Å². The van der Waals surface area contributed by atoms with Gasteiger partial charge in [-0.3, -0.25) is 14.5 Å². The van der Waals surface area contributed by atoms with Gasteiger partial charge in [0.1, 0.15) is 34.4 Å². The summed E-state index contributed by atoms with van der Waals surface area (Å²) in [6.07, 6.45) is 1.28. The molecule has 3 rings (SSSR count). The number of halogens is 2. The predicted molar refractivity (Wildman–Crippen MR) is 110 cm³/mol. The van der Waals surface area contributed by atoms with Crippen molar-refractivity contribution in [2.24, 2.45) is 5.16 Å². The highest BCUT2D eigenvalue weighted by Gasteiger charge is 2.54. The van der Waals surface area contributed by atoms with Crippen LogP contribution < -0.4 is 11.1 Å². The lowest BCUT2D eigenvalue weighted by molar-refractivity contribution is -0.150. The normalized spacial score (nSPS) is 21.3. The van der Waals surface area contributed by atoms with E-state index in [1.54, 1.807) is 0 Å². The zero-order chi connectivity index (χ0) is 21.3. The number of aromatic nitrogens is 1. The highest BCUT2D eigenvalue weighted by molar-refractivity contribution is 8.00. The van der Waals surface area contributed by atoms with E-state index in [0.717, 1.165) is 16.2 Å². The number of nitrogens with one attached hydrogen (secondary N) is 1. The number of hydrogen-bond acceptors (Lipinski definition) is 9. The number of rotatable bonds is 6. The van der Waals surface area contributed by atoms with Crippen LogP contribution in [0.4, 0.5) is 5.13 Å². The van der Waals surface area contributed by atoms with Gasteiger partial charge in [0.15, 0.2) is 10.8 Å². The van der Waals surface area contributed by atoms with Crippen molar-refractivity contribution < 1.29 is 24.3 Å². The van der Waals surface area contributed by atoms with Crippen molar-refractivity contribution in [1.29, 1.82) is 0 Å². The van der Waals surface area contributed by atoms with E-state index in [-0.39, 0.29) is 32.5 Å². The molecule has 3 heterocycles. The number of carbonyl (C=O) groups is 3. The number of thiazole rings is 1. The van der Waals surface area contributed by atoms with Crippen molar-refractivity contribution in [3.05, 3.63) is 32.9 Å². The Morgan fingerprint density at radius 1 is 1.52 bits per heavy atom. The van der Waals surface area contributed by atoms with Gasteiger partial charge in [-0.15, -0.1) is 23.1 Å². The first kappa shape index (κ1) is 21.4. The van der Waals surface area contributed by atoms with E-state index in [9.17, 15) is 19.5 Å². The number of anilines is 1. The SMILES string of the molecule is CO/N=C(/C(=O)NC1C(=O)N2C(C(=O)O)=C(C=C(Cl)Cl)CS[C@H]12)c1csc(N)n1. The van der Waals surface area contributed by atoms with Crippen LogP contribution in [0.3, 0.4) is 0 Å². The largest absolute Gasteiger partial charge is 0.477 e. The van der Waals surface area contributed by atoms with Crippen LogP contribution >= 0.6 is 46.3 Å². The van der Waals surface area contributed by atoms with Gasteiger partial charge in [-0.1, -0.05) is 28.4 Å². The summed E-state index contributed by atoms with van der Waals surface area (Å²) in [7, 11) is 1.26. The van der Waals surface area contributed by atoms with Crippen LogP contribution in [0.1, 0.15) is 5.69 Å². The molecule has 2 atom stereocenters. The monoisotopic (exact) mass is 477 g/mol. The van der Waals surface area contributed by atoms with E-state index in [0.29, 0.717) is 5.57 Å². The first-order valence-electron chi connectivity index (χ1n) is 7.81. The minimum Gasteiger partial charge on any atom is -0.477 e. The fourth-order valence-electron chi connectivity index (χ4n) is 2.79. The molecule has 0 radical (unpaired) electrons. The number of thioether (sulfide) groups is 1. The van der Waals surface area contributed by atoms with Gasteiger partial charge in [0, 0.05) is 11.1 Å². The lowest BCUT2D eigenvalue weighted by Gasteiger charge is -2.49. The average molecular weight is 478 g/mol. The first-order chi connectivity index (χ1) is 13.7. The molecule has 0 bridgehead atoms. The van der Waals surface area contributed by atoms with Gasteiger partial charge < -0.3 is 21.0 Å². The summed E-state index contributed by atoms with van der Waals surface area (Å²) in [6.45, 7) is 0. The zero-order valence-corrected chi connectivity index (χ0v) is 17.7. The Morgan fingerprint density at radius 2 is 2.24 bits per heavy atom. The third kappa shape index (κ3) is 4.20. The van der Waals surface area contributed by atoms with Gasteiger partial charge in [-0.25, -0.2) is 9.78 Å². The van der Waals surface area contributed by atoms with Crippen molar-refractivity contribution in [3.8, 4) is 0 Å². The number of β-lactam (4-membered cyclic amide) rings is 1. The number of carboxylic acids is 1. The molecule has 1 aromatic rings. The number of fused-ring (bicyclic) bond motifs is 1. The number of amides is 2. The van der Waals surface area contributed by atoms with Crippen molar-refractivity contribution in [3.63, 3.8) is 0 Å². The molecule has 29 heavy (non-hydrogen) atoms. The van der Waals surface area contributed by atoms with Crippen molar-refractivity contribution in [2.75, 3.05) is 18.6 Å². The minimum absolute atomic E-state index is 0.126. The van der Waals surface area contributed by atoms with Crippen molar-refractivity contribution in [1.82, 2.24) is 15.2 Å². The Labute approximate surface area is 182 Å². The predicted octanol–water partition coefficient (Wildman–Crippen LogP) is 1.13. The smallest absolute Gasteiger partial charge is 0.352 e. The molecule has 10 nitrogen and oxygen atoms in total. The van der Waals surface area contributed by atoms with Crippen LogP contribution in [-0.2, 0) is 19.2 Å². The van der Waals surface area contributed by atoms with Gasteiger partial charge in [0.25, 0.3) is 11.8 Å². The van der Waals surface area contributed by atoms with Crippen LogP contribution in [0, 0.1) is 0 Å². The summed E-state index contributed by atoms with van der Waals surface area (Å²) >= 11 is 13.6. The maximum atomic E-state index is 12.6. The molecular formula is C15H13Cl2N5O5S2. The Morgan fingerprint density at radius 3 is 2.79 bits per heavy atom. The summed E-state index contributed by atoms with van der Waals surface area (Å²) in [5, 5.41) is 16.9. The van der Waals surface area contributed by atoms with E-state index < -0.39 is 29.2 Å². The Hall–Kier alpha value is -2.28. The Kier molecular flexibility index (Phi) is 6.36. The molecule has 2 amide bonds. The summed E-state index contributed by atoms with van der Waals surface area (Å²) in [5.41, 5.74) is 5.71. The van der Waals surface area contributed by atoms with E-state index in [2.05, 4.69) is 20.3 Å². The van der Waals surface area contributed by atoms with Gasteiger partial charge in [0.05, 0.1) is 0 Å². The second-order valence-electron chi connectivity index (χ2n) is 5.67. The lowest BCUT2D eigenvalue weighted by atomic mass is 10.0. The van der Waals surface area contributed by atoms with Crippen molar-refractivity contribution >= 4 is 74.9 Å². The number of nitrogens with two attached hydrogens (primary N) is 1. The topological polar surface area (TPSA) is 147 Å². The number of nitrogens with zero attached hydrogens (tertiary/aromatic N) is 3. The molecule has 1 aromatic heterocycles. The number of aliphatic carboxylic acids is 1. The van der Waals surface area contributed by atoms with E-state index in [1.165, 1.54) is 30.3 Å². The maximum Gasteiger partial charge on any atom is 0.352 e. The molecule has 154 valence electrons. The highest BCUT2D eigenvalue weighted by Crippen LogP contribution is 2.41. The second-order valence-corrected chi connectivity index (χ2v) is 8.67. The molecule has 1 fully saturated rings. The molecule has 0 spiro atoms. The fraction of sp³-hybridized carbons (Fsp3) is 0.267. The number of carbonyl (C=O) groups excluding carboxylic acids is 2. The maximum absolute atomic E-state index is 12.6. The van der Waals surface area contributed by atoms with Crippen LogP contribution in [0.5, 0.6) is 0 Å². The minimum atomic E-state index is -1.30. The number of allylic oxidation sites excluding steroid dienone is 1. The molecular weight excluding hydrogens is 465 g/mol. The van der Waals surface area contributed by atoms with Gasteiger partial charge >= 0.3 is 5.97 Å². The summed E-state index contributed by atoms with van der Waals surface area (Å²) in [6, 6.07) is -0.947. The standard InChI is InChI=1S/C15H13Cl2N5O5S2/c1-27-21-8(6-4-29-15(18)19-6)11(23)20-9-12(24)22-10(14(25)26)5(2-7(16)17)3-28-13(9)22/h2,4,9,13H,3H2,1H3,(H2,18,19)(H,20,23)(H,25,26)/b21-8+/t9?,13-/m1/s1. The molecule has 4 N–H and O–H groups in total. The third-order valence-electron chi connectivity index (χ3n) is 3.93. The van der Waals surface area contributed by atoms with Crippen LogP contribution in [-0.4, -0.2) is 62.8 Å². The molecule has 2 aliphatic rings. The molecule has 0 aromatic carbocycles. The summed E-state index contributed by atoms with van der Waals surface area (Å²) < 4.78 is -0.126. The first-order valence-corrected chi connectivity index (χ1v) is 10.5. The van der Waals surface area contributed by atoms with Crippen LogP contribution in [0.2, 0.25) is 0 Å². The van der Waals surface area contributed by atoms with Gasteiger partial charge in [-0.05, 0) is 11.6 Å². The van der Waals surface area contributed by atoms with Crippen LogP contribution in [0.25, 0.3) is 0 Å². The summed E-state index contributed by atoms with van der Waals surface area (Å²) in [5.74, 6) is -2.34. The summed E-state index contributed by atoms with van der Waals surface area (Å²) in [4.78, 5) is 46.7. The van der Waals surface area contributed by atoms with Crippen LogP contribution in [0.15, 0.2) is 32.4 Å². The van der Waals surface area contributed by atoms with E-state index in [4.69, 9.17) is 28.9 Å². The number of oxime groups is 1. The molecule has 1 saturated heterocycles. The number of hydrogen-bond donors (Lipinski definition) is 3. The van der Waals surface area contributed by atoms with Crippen molar-refractivity contribution in [2.45, 2.75) is 11.4 Å². The Bertz CT molecular complexity index is 972. The quantitative estimate of drug-likeness (QED) is 0.313. The fourth-order valence-corrected chi connectivity index (χ4v) is 4.90. The second kappa shape index (κ2) is 8.61. The number of carboxylic acid groups (broad SMARTS) is 1. The van der Waals surface area contributed by atoms with Gasteiger partial charge in [-0.2, -0.15) is 0 Å². The molecule has 1 unspecified atom stereocenters. The molecule has 14 heteroatoms. The average Bonchev–Trinajstić information content (AvgIpc) is 3.08. The lowest BCUT2D eigenvalue weighted by Crippen LogP contribution is -2.71. The van der Waals surface area contributed by atoms with Gasteiger partial charge in [0.2, 0.25) is 0 Å². The third-order valence-corrected chi connectivity index (χ3v) is 6.13. The van der Waals surface area contributed by atoms with E-state index in [1.807, 2.05) is 0 Å². The molecule has 0 aliphatic carbocycles. The number of nitrogen functional groups attached to an aromatic ring is 1. The highest BCUT2D eigenvalue weighted by atomic mass is 35.5. The Balaban J connectivity index is 1.82. The molecule has 2 aliphatic heterocycles. The molecule has 0 saturated carbocycles.